The average Bonchev–Trinajstić information content (AvgIpc) is 2.37. The Hall–Kier alpha value is -2.57. The van der Waals surface area contributed by atoms with Crippen LogP contribution in [0.2, 0.25) is 0 Å². The highest BCUT2D eigenvalue weighted by Crippen LogP contribution is 2.05. The van der Waals surface area contributed by atoms with E-state index >= 15 is 0 Å². The Kier molecular flexibility index (Phi) is 4.67. The monoisotopic (exact) mass is 250 g/mol. The molecule has 0 saturated heterocycles. The molecule has 0 fully saturated rings. The molecule has 0 radical (unpaired) electrons. The van der Waals surface area contributed by atoms with Crippen LogP contribution in [-0.4, -0.2) is 29.4 Å². The van der Waals surface area contributed by atoms with Crippen LogP contribution in [-0.2, 0) is 4.79 Å². The molecule has 0 aromatic heterocycles. The van der Waals surface area contributed by atoms with Crippen LogP contribution in [0.4, 0.5) is 0 Å². The summed E-state index contributed by atoms with van der Waals surface area (Å²) in [6, 6.07) is 6.27. The van der Waals surface area contributed by atoms with E-state index in [9.17, 15) is 9.59 Å². The third-order valence-corrected chi connectivity index (χ3v) is 2.19. The van der Waals surface area contributed by atoms with E-state index in [1.54, 1.807) is 18.2 Å². The number of nitrogens with two attached hydrogens (primary N) is 2. The van der Waals surface area contributed by atoms with Crippen LogP contribution in [0.1, 0.15) is 22.3 Å². The quantitative estimate of drug-likeness (QED) is 0.240. The van der Waals surface area contributed by atoms with E-state index in [1.165, 1.54) is 6.07 Å². The second kappa shape index (κ2) is 6.24. The van der Waals surface area contributed by atoms with Crippen LogP contribution in [0.25, 0.3) is 0 Å². The standard InChI is InChI=1S/C11H14N4O3/c12-9(16)4-5-14-11(17)8-3-1-2-7(6-8)10(13)15-18/h1-3,6,18H,4-5H2,(H2,12,16)(H2,13,15)(H,14,17). The lowest BCUT2D eigenvalue weighted by Gasteiger charge is -2.05. The second-order valence-electron chi connectivity index (χ2n) is 3.54. The summed E-state index contributed by atoms with van der Waals surface area (Å²) in [6.45, 7) is 0.169. The number of carbonyl (C=O) groups excluding carboxylic acids is 2. The maximum Gasteiger partial charge on any atom is 0.251 e. The van der Waals surface area contributed by atoms with Crippen molar-refractivity contribution in [2.75, 3.05) is 6.54 Å². The Bertz CT molecular complexity index is 485. The van der Waals surface area contributed by atoms with E-state index < -0.39 is 5.91 Å². The minimum atomic E-state index is -0.485. The molecule has 1 aromatic rings. The molecule has 96 valence electrons. The molecule has 0 atom stereocenters. The minimum Gasteiger partial charge on any atom is -0.409 e. The number of primary amides is 1. The first kappa shape index (κ1) is 13.5. The Morgan fingerprint density at radius 3 is 2.56 bits per heavy atom. The van der Waals surface area contributed by atoms with E-state index in [4.69, 9.17) is 16.7 Å². The van der Waals surface area contributed by atoms with Gasteiger partial charge in [-0.2, -0.15) is 0 Å². The molecule has 0 aliphatic heterocycles. The molecule has 0 spiro atoms. The zero-order chi connectivity index (χ0) is 13.5. The zero-order valence-electron chi connectivity index (χ0n) is 9.59. The van der Waals surface area contributed by atoms with Crippen molar-refractivity contribution < 1.29 is 14.8 Å². The van der Waals surface area contributed by atoms with Crippen LogP contribution in [0.5, 0.6) is 0 Å². The highest BCUT2D eigenvalue weighted by molar-refractivity contribution is 6.01. The molecule has 18 heavy (non-hydrogen) atoms. The summed E-state index contributed by atoms with van der Waals surface area (Å²) >= 11 is 0. The summed E-state index contributed by atoms with van der Waals surface area (Å²) in [5.74, 6) is -0.925. The van der Waals surface area contributed by atoms with Crippen LogP contribution < -0.4 is 16.8 Å². The van der Waals surface area contributed by atoms with E-state index in [0.29, 0.717) is 11.1 Å². The molecule has 0 bridgehead atoms. The van der Waals surface area contributed by atoms with Gasteiger partial charge in [-0.15, -0.1) is 0 Å². The van der Waals surface area contributed by atoms with Gasteiger partial charge in [0, 0.05) is 24.1 Å². The topological polar surface area (TPSA) is 131 Å². The number of rotatable bonds is 5. The maximum absolute atomic E-state index is 11.7. The average molecular weight is 250 g/mol. The lowest BCUT2D eigenvalue weighted by Crippen LogP contribution is -2.28. The van der Waals surface area contributed by atoms with Gasteiger partial charge in [0.2, 0.25) is 5.91 Å². The molecular weight excluding hydrogens is 236 g/mol. The first-order chi connectivity index (χ1) is 8.54. The van der Waals surface area contributed by atoms with Crippen LogP contribution in [0, 0.1) is 0 Å². The molecule has 1 rings (SSSR count). The first-order valence-corrected chi connectivity index (χ1v) is 5.19. The fourth-order valence-electron chi connectivity index (χ4n) is 1.28. The van der Waals surface area contributed by atoms with Gasteiger partial charge in [0.25, 0.3) is 5.91 Å². The van der Waals surface area contributed by atoms with Gasteiger partial charge >= 0.3 is 0 Å². The second-order valence-corrected chi connectivity index (χ2v) is 3.54. The van der Waals surface area contributed by atoms with E-state index in [0.717, 1.165) is 0 Å². The fourth-order valence-corrected chi connectivity index (χ4v) is 1.28. The first-order valence-electron chi connectivity index (χ1n) is 5.19. The molecule has 2 amide bonds. The van der Waals surface area contributed by atoms with Crippen molar-refractivity contribution in [1.29, 1.82) is 0 Å². The van der Waals surface area contributed by atoms with Gasteiger partial charge in [0.1, 0.15) is 0 Å². The number of hydrogen-bond donors (Lipinski definition) is 4. The number of amidine groups is 1. The number of benzene rings is 1. The number of carbonyl (C=O) groups is 2. The van der Waals surface area contributed by atoms with Gasteiger partial charge in [-0.1, -0.05) is 17.3 Å². The normalized spacial score (nSPS) is 11.0. The molecule has 0 saturated carbocycles. The number of hydrogen-bond acceptors (Lipinski definition) is 4. The van der Waals surface area contributed by atoms with Crippen molar-refractivity contribution in [2.45, 2.75) is 6.42 Å². The Morgan fingerprint density at radius 2 is 1.94 bits per heavy atom. The molecule has 7 heteroatoms. The van der Waals surface area contributed by atoms with E-state index in [-0.39, 0.29) is 24.7 Å². The zero-order valence-corrected chi connectivity index (χ0v) is 9.59. The molecule has 1 aromatic carbocycles. The maximum atomic E-state index is 11.7. The third kappa shape index (κ3) is 3.78. The third-order valence-electron chi connectivity index (χ3n) is 2.19. The van der Waals surface area contributed by atoms with E-state index in [2.05, 4.69) is 10.5 Å². The van der Waals surface area contributed by atoms with Gasteiger partial charge in [-0.05, 0) is 12.1 Å². The predicted octanol–water partition coefficient (Wildman–Crippen LogP) is -0.614. The summed E-state index contributed by atoms with van der Waals surface area (Å²) in [5.41, 5.74) is 11.1. The molecule has 0 heterocycles. The van der Waals surface area contributed by atoms with Gasteiger partial charge in [0.15, 0.2) is 5.84 Å². The largest absolute Gasteiger partial charge is 0.409 e. The van der Waals surface area contributed by atoms with Crippen LogP contribution in [0.3, 0.4) is 0 Å². The van der Waals surface area contributed by atoms with Gasteiger partial charge in [-0.3, -0.25) is 9.59 Å². The molecule has 0 aliphatic rings. The summed E-state index contributed by atoms with van der Waals surface area (Å²) in [6.07, 6.45) is 0.0751. The summed E-state index contributed by atoms with van der Waals surface area (Å²) in [7, 11) is 0. The van der Waals surface area contributed by atoms with Gasteiger partial charge < -0.3 is 22.0 Å². The Morgan fingerprint density at radius 1 is 1.28 bits per heavy atom. The van der Waals surface area contributed by atoms with Gasteiger partial charge in [-0.25, -0.2) is 0 Å². The van der Waals surface area contributed by atoms with Crippen LogP contribution >= 0.6 is 0 Å². The molecular formula is C11H14N4O3. The minimum absolute atomic E-state index is 0.0751. The molecule has 0 unspecified atom stereocenters. The fraction of sp³-hybridized carbons (Fsp3) is 0.182. The number of amides is 2. The summed E-state index contributed by atoms with van der Waals surface area (Å²) in [5, 5.41) is 13.9. The van der Waals surface area contributed by atoms with Crippen molar-refractivity contribution in [3.8, 4) is 0 Å². The smallest absolute Gasteiger partial charge is 0.251 e. The molecule has 6 N–H and O–H groups in total. The van der Waals surface area contributed by atoms with Gasteiger partial charge in [0.05, 0.1) is 0 Å². The highest BCUT2D eigenvalue weighted by Gasteiger charge is 2.07. The SMILES string of the molecule is NC(=O)CCNC(=O)c1cccc(/C(N)=N/O)c1. The van der Waals surface area contributed by atoms with Crippen molar-refractivity contribution in [1.82, 2.24) is 5.32 Å². The molecule has 0 aliphatic carbocycles. The van der Waals surface area contributed by atoms with Crippen LogP contribution in [0.15, 0.2) is 29.4 Å². The molecule has 7 nitrogen and oxygen atoms in total. The summed E-state index contributed by atoms with van der Waals surface area (Å²) in [4.78, 5) is 22.2. The Balaban J connectivity index is 2.71. The summed E-state index contributed by atoms with van der Waals surface area (Å²) < 4.78 is 0. The van der Waals surface area contributed by atoms with Crippen molar-refractivity contribution >= 4 is 17.6 Å². The lowest BCUT2D eigenvalue weighted by atomic mass is 10.1. The Labute approximate surface area is 103 Å². The van der Waals surface area contributed by atoms with Crippen molar-refractivity contribution in [2.24, 2.45) is 16.6 Å². The number of nitrogens with one attached hydrogen (secondary N) is 1. The van der Waals surface area contributed by atoms with E-state index in [1.807, 2.05) is 0 Å². The lowest BCUT2D eigenvalue weighted by molar-refractivity contribution is -0.117. The number of oxime groups is 1. The predicted molar refractivity (Wildman–Crippen MR) is 65.1 cm³/mol. The number of nitrogens with zero attached hydrogens (tertiary/aromatic N) is 1. The van der Waals surface area contributed by atoms with Crippen molar-refractivity contribution in [3.05, 3.63) is 35.4 Å². The van der Waals surface area contributed by atoms with Crippen molar-refractivity contribution in [3.63, 3.8) is 0 Å². The highest BCUT2D eigenvalue weighted by atomic mass is 16.4.